The molecule has 116 valence electrons. The summed E-state index contributed by atoms with van der Waals surface area (Å²) in [4.78, 5) is 4.36. The molecule has 0 radical (unpaired) electrons. The van der Waals surface area contributed by atoms with Crippen LogP contribution in [0.5, 0.6) is 0 Å². The summed E-state index contributed by atoms with van der Waals surface area (Å²) in [6, 6.07) is 0.313. The Morgan fingerprint density at radius 1 is 1.19 bits per heavy atom. The van der Waals surface area contributed by atoms with Gasteiger partial charge in [0.1, 0.15) is 18.7 Å². The fourth-order valence-electron chi connectivity index (χ4n) is 2.78. The molecule has 1 N–H and O–H groups in total. The smallest absolute Gasteiger partial charge is 0.148 e. The van der Waals surface area contributed by atoms with E-state index in [0.29, 0.717) is 12.6 Å². The summed E-state index contributed by atoms with van der Waals surface area (Å²) in [5.74, 6) is 0.959. The number of rotatable bonds is 7. The van der Waals surface area contributed by atoms with Crippen molar-refractivity contribution in [1.82, 2.24) is 29.9 Å². The van der Waals surface area contributed by atoms with Gasteiger partial charge in [-0.2, -0.15) is 10.2 Å². The quantitative estimate of drug-likeness (QED) is 0.846. The lowest BCUT2D eigenvalue weighted by molar-refractivity contribution is 0.551. The van der Waals surface area contributed by atoms with Crippen LogP contribution in [0.3, 0.4) is 0 Å². The van der Waals surface area contributed by atoms with E-state index in [-0.39, 0.29) is 0 Å². The van der Waals surface area contributed by atoms with Crippen molar-refractivity contribution in [3.63, 3.8) is 0 Å². The molecule has 0 saturated carbocycles. The van der Waals surface area contributed by atoms with Gasteiger partial charge in [-0.15, -0.1) is 0 Å². The van der Waals surface area contributed by atoms with Crippen LogP contribution in [0.2, 0.25) is 0 Å². The SMILES string of the molecule is CCc1nn(Cc2ncnn2CC)c(CC)c1C(C)NC. The van der Waals surface area contributed by atoms with Gasteiger partial charge in [-0.05, 0) is 33.7 Å². The van der Waals surface area contributed by atoms with Crippen molar-refractivity contribution >= 4 is 0 Å². The summed E-state index contributed by atoms with van der Waals surface area (Å²) in [6.45, 7) is 10.1. The van der Waals surface area contributed by atoms with Crippen molar-refractivity contribution in [3.05, 3.63) is 29.1 Å². The summed E-state index contributed by atoms with van der Waals surface area (Å²) in [6.07, 6.45) is 3.53. The summed E-state index contributed by atoms with van der Waals surface area (Å²) in [7, 11) is 1.99. The van der Waals surface area contributed by atoms with E-state index in [1.165, 1.54) is 17.0 Å². The molecule has 0 saturated heterocycles. The largest absolute Gasteiger partial charge is 0.313 e. The Balaban J connectivity index is 2.42. The molecule has 0 amide bonds. The molecule has 0 bridgehead atoms. The third-order valence-corrected chi connectivity index (χ3v) is 4.00. The van der Waals surface area contributed by atoms with Crippen LogP contribution < -0.4 is 5.32 Å². The van der Waals surface area contributed by atoms with Gasteiger partial charge in [0.05, 0.1) is 5.69 Å². The van der Waals surface area contributed by atoms with Crippen molar-refractivity contribution in [2.45, 2.75) is 59.7 Å². The molecule has 6 heteroatoms. The molecule has 0 aromatic carbocycles. The Kier molecular flexibility index (Phi) is 5.12. The zero-order valence-electron chi connectivity index (χ0n) is 13.7. The highest BCUT2D eigenvalue weighted by atomic mass is 15.4. The number of aryl methyl sites for hydroxylation is 2. The summed E-state index contributed by atoms with van der Waals surface area (Å²) < 4.78 is 4.02. The van der Waals surface area contributed by atoms with Gasteiger partial charge < -0.3 is 5.32 Å². The van der Waals surface area contributed by atoms with Gasteiger partial charge in [0.15, 0.2) is 0 Å². The first-order chi connectivity index (χ1) is 10.2. The lowest BCUT2D eigenvalue weighted by Gasteiger charge is -2.13. The maximum absolute atomic E-state index is 4.81. The molecular formula is C15H26N6. The summed E-state index contributed by atoms with van der Waals surface area (Å²) in [5.41, 5.74) is 3.81. The molecule has 2 aromatic heterocycles. The van der Waals surface area contributed by atoms with Gasteiger partial charge in [0.2, 0.25) is 0 Å². The highest BCUT2D eigenvalue weighted by Crippen LogP contribution is 2.24. The molecule has 0 aliphatic rings. The lowest BCUT2D eigenvalue weighted by atomic mass is 10.0. The number of hydrogen-bond acceptors (Lipinski definition) is 4. The second-order valence-electron chi connectivity index (χ2n) is 5.17. The molecular weight excluding hydrogens is 264 g/mol. The monoisotopic (exact) mass is 290 g/mol. The second-order valence-corrected chi connectivity index (χ2v) is 5.17. The van der Waals surface area contributed by atoms with Crippen LogP contribution in [0.15, 0.2) is 6.33 Å². The first-order valence-corrected chi connectivity index (χ1v) is 7.78. The van der Waals surface area contributed by atoms with E-state index in [9.17, 15) is 0 Å². The highest BCUT2D eigenvalue weighted by Gasteiger charge is 2.20. The van der Waals surface area contributed by atoms with E-state index in [4.69, 9.17) is 5.10 Å². The van der Waals surface area contributed by atoms with E-state index >= 15 is 0 Å². The van der Waals surface area contributed by atoms with Crippen molar-refractivity contribution < 1.29 is 0 Å². The van der Waals surface area contributed by atoms with E-state index in [0.717, 1.165) is 25.2 Å². The van der Waals surface area contributed by atoms with Gasteiger partial charge in [0.25, 0.3) is 0 Å². The number of aromatic nitrogens is 5. The predicted octanol–water partition coefficient (Wildman–Crippen LogP) is 1.95. The molecule has 6 nitrogen and oxygen atoms in total. The third kappa shape index (κ3) is 3.00. The standard InChI is InChI=1S/C15H26N6/c1-6-12-15(11(4)16-5)13(7-2)21(19-12)9-14-17-10-18-20(14)8-3/h10-11,16H,6-9H2,1-5H3. The Labute approximate surface area is 126 Å². The van der Waals surface area contributed by atoms with Crippen LogP contribution >= 0.6 is 0 Å². The number of nitrogens with one attached hydrogen (secondary N) is 1. The molecule has 2 aromatic rings. The van der Waals surface area contributed by atoms with Crippen LogP contribution in [0, 0.1) is 0 Å². The van der Waals surface area contributed by atoms with Crippen LogP contribution in [-0.4, -0.2) is 31.6 Å². The van der Waals surface area contributed by atoms with E-state index in [1.807, 2.05) is 11.7 Å². The lowest BCUT2D eigenvalue weighted by Crippen LogP contribution is -2.16. The van der Waals surface area contributed by atoms with Gasteiger partial charge in [-0.3, -0.25) is 4.68 Å². The topological polar surface area (TPSA) is 60.6 Å². The maximum atomic E-state index is 4.81. The van der Waals surface area contributed by atoms with Crippen LogP contribution in [0.25, 0.3) is 0 Å². The van der Waals surface area contributed by atoms with Gasteiger partial charge in [-0.1, -0.05) is 13.8 Å². The highest BCUT2D eigenvalue weighted by molar-refractivity contribution is 5.30. The van der Waals surface area contributed by atoms with Gasteiger partial charge >= 0.3 is 0 Å². The van der Waals surface area contributed by atoms with Crippen molar-refractivity contribution in [1.29, 1.82) is 0 Å². The predicted molar refractivity (Wildman–Crippen MR) is 83.3 cm³/mol. The number of hydrogen-bond donors (Lipinski definition) is 1. The summed E-state index contributed by atoms with van der Waals surface area (Å²) in [5, 5.41) is 12.4. The molecule has 0 aliphatic heterocycles. The minimum Gasteiger partial charge on any atom is -0.313 e. The molecule has 2 rings (SSSR count). The van der Waals surface area contributed by atoms with Crippen LogP contribution in [0.1, 0.15) is 56.5 Å². The minimum atomic E-state index is 0.313. The van der Waals surface area contributed by atoms with Crippen molar-refractivity contribution in [3.8, 4) is 0 Å². The first-order valence-electron chi connectivity index (χ1n) is 7.78. The molecule has 1 atom stereocenters. The van der Waals surface area contributed by atoms with Crippen LogP contribution in [-0.2, 0) is 25.9 Å². The fourth-order valence-corrected chi connectivity index (χ4v) is 2.78. The zero-order chi connectivity index (χ0) is 15.4. The molecule has 1 unspecified atom stereocenters. The average molecular weight is 290 g/mol. The number of nitrogens with zero attached hydrogens (tertiary/aromatic N) is 5. The fraction of sp³-hybridized carbons (Fsp3) is 0.667. The maximum Gasteiger partial charge on any atom is 0.148 e. The van der Waals surface area contributed by atoms with Crippen molar-refractivity contribution in [2.75, 3.05) is 7.05 Å². The molecule has 2 heterocycles. The van der Waals surface area contributed by atoms with Gasteiger partial charge in [-0.25, -0.2) is 9.67 Å². The third-order valence-electron chi connectivity index (χ3n) is 4.00. The molecule has 0 fully saturated rings. The average Bonchev–Trinajstić information content (AvgIpc) is 3.10. The molecule has 21 heavy (non-hydrogen) atoms. The molecule has 0 aliphatic carbocycles. The first kappa shape index (κ1) is 15.7. The minimum absolute atomic E-state index is 0.313. The summed E-state index contributed by atoms with van der Waals surface area (Å²) >= 11 is 0. The zero-order valence-corrected chi connectivity index (χ0v) is 13.7. The molecule has 0 spiro atoms. The van der Waals surface area contributed by atoms with E-state index < -0.39 is 0 Å². The van der Waals surface area contributed by atoms with Gasteiger partial charge in [0, 0.05) is 23.8 Å². The van der Waals surface area contributed by atoms with E-state index in [2.05, 4.69) is 47.8 Å². The van der Waals surface area contributed by atoms with E-state index in [1.54, 1.807) is 6.33 Å². The Morgan fingerprint density at radius 3 is 2.52 bits per heavy atom. The van der Waals surface area contributed by atoms with Crippen molar-refractivity contribution in [2.24, 2.45) is 0 Å². The normalized spacial score (nSPS) is 12.8. The Morgan fingerprint density at radius 2 is 1.95 bits per heavy atom. The van der Waals surface area contributed by atoms with Crippen LogP contribution in [0.4, 0.5) is 0 Å². The Hall–Kier alpha value is -1.69. The second kappa shape index (κ2) is 6.85. The Bertz CT molecular complexity index is 583.